The van der Waals surface area contributed by atoms with Crippen LogP contribution in [-0.4, -0.2) is 21.5 Å². The van der Waals surface area contributed by atoms with Crippen LogP contribution in [0.15, 0.2) is 58.8 Å². The van der Waals surface area contributed by atoms with Crippen molar-refractivity contribution in [2.24, 2.45) is 15.9 Å². The van der Waals surface area contributed by atoms with Gasteiger partial charge in [-0.25, -0.2) is 9.67 Å². The van der Waals surface area contributed by atoms with E-state index in [1.807, 2.05) is 45.2 Å². The van der Waals surface area contributed by atoms with Gasteiger partial charge in [0.2, 0.25) is 0 Å². The summed E-state index contributed by atoms with van der Waals surface area (Å²) >= 11 is 0. The van der Waals surface area contributed by atoms with Crippen LogP contribution < -0.4 is 0 Å². The van der Waals surface area contributed by atoms with Gasteiger partial charge in [-0.15, -0.1) is 12.8 Å². The van der Waals surface area contributed by atoms with Crippen LogP contribution in [0.1, 0.15) is 110 Å². The second-order valence-electron chi connectivity index (χ2n) is 11.2. The van der Waals surface area contributed by atoms with E-state index in [-0.39, 0.29) is 6.04 Å². The molecule has 0 amide bonds. The second-order valence-corrected chi connectivity index (χ2v) is 11.2. The fraction of sp³-hybridized carbons (Fsp3) is 0.342. The van der Waals surface area contributed by atoms with Crippen molar-refractivity contribution in [3.8, 4) is 24.7 Å². The maximum absolute atomic E-state index is 6.19. The van der Waals surface area contributed by atoms with Crippen molar-refractivity contribution in [2.45, 2.75) is 79.7 Å². The molecule has 4 rings (SSSR count). The first-order valence-corrected chi connectivity index (χ1v) is 15.0. The number of nitrogens with zero attached hydrogens (tertiary/aromatic N) is 4. The maximum Gasteiger partial charge on any atom is 0.158 e. The van der Waals surface area contributed by atoms with Gasteiger partial charge in [-0.05, 0) is 92.5 Å². The number of benzene rings is 2. The number of hydrogen-bond acceptors (Lipinski definition) is 2. The predicted octanol–water partition coefficient (Wildman–Crippen LogP) is 8.70. The van der Waals surface area contributed by atoms with E-state index in [0.29, 0.717) is 11.7 Å². The molecule has 214 valence electrons. The Balaban J connectivity index is 1.75. The molecule has 1 heterocycles. The van der Waals surface area contributed by atoms with Crippen LogP contribution in [-0.2, 0) is 0 Å². The van der Waals surface area contributed by atoms with Crippen molar-refractivity contribution in [3.05, 3.63) is 106 Å². The van der Waals surface area contributed by atoms with Crippen LogP contribution in [0.4, 0.5) is 0 Å². The summed E-state index contributed by atoms with van der Waals surface area (Å²) in [7, 11) is 0. The number of terminal acetylenes is 2. The third-order valence-corrected chi connectivity index (χ3v) is 8.40. The summed E-state index contributed by atoms with van der Waals surface area (Å²) in [5, 5.41) is 4.36. The van der Waals surface area contributed by atoms with Crippen LogP contribution >= 0.6 is 0 Å². The van der Waals surface area contributed by atoms with E-state index in [4.69, 9.17) is 22.8 Å². The van der Waals surface area contributed by atoms with Crippen molar-refractivity contribution >= 4 is 17.2 Å². The van der Waals surface area contributed by atoms with Gasteiger partial charge in [-0.3, -0.25) is 4.99 Å². The molecule has 0 aliphatic heterocycles. The zero-order valence-electron chi connectivity index (χ0n) is 26.0. The number of rotatable bonds is 10. The molecular weight excluding hydrogens is 512 g/mol. The molecule has 2 atom stereocenters. The highest BCUT2D eigenvalue weighted by molar-refractivity contribution is 6.08. The summed E-state index contributed by atoms with van der Waals surface area (Å²) < 4.78 is 1.73. The number of unbranched alkanes of at least 4 members (excludes halogenated alkanes) is 1. The number of allylic oxidation sites excluding steroid dienone is 2. The van der Waals surface area contributed by atoms with E-state index < -0.39 is 0 Å². The molecule has 3 aromatic rings. The number of hydrogen-bond donors (Lipinski definition) is 0. The first kappa shape index (κ1) is 30.8. The third-order valence-electron chi connectivity index (χ3n) is 8.40. The lowest BCUT2D eigenvalue weighted by Crippen LogP contribution is -2.14. The fourth-order valence-electron chi connectivity index (χ4n) is 5.58. The molecule has 0 bridgehead atoms. The Morgan fingerprint density at radius 3 is 2.48 bits per heavy atom. The van der Waals surface area contributed by atoms with Crippen LogP contribution in [0.25, 0.3) is 5.57 Å². The summed E-state index contributed by atoms with van der Waals surface area (Å²) in [4.78, 5) is 10.1. The lowest BCUT2D eigenvalue weighted by atomic mass is 9.89. The van der Waals surface area contributed by atoms with E-state index in [9.17, 15) is 0 Å². The second kappa shape index (κ2) is 13.7. The Morgan fingerprint density at radius 1 is 1.07 bits per heavy atom. The minimum Gasteiger partial charge on any atom is -0.258 e. The summed E-state index contributed by atoms with van der Waals surface area (Å²) in [6.07, 6.45) is 24.2. The number of aromatic nitrogens is 2. The van der Waals surface area contributed by atoms with Gasteiger partial charge in [0.05, 0.1) is 6.04 Å². The lowest BCUT2D eigenvalue weighted by Gasteiger charge is -2.17. The van der Waals surface area contributed by atoms with Gasteiger partial charge >= 0.3 is 0 Å². The molecule has 2 unspecified atom stereocenters. The van der Waals surface area contributed by atoms with Crippen molar-refractivity contribution in [1.29, 1.82) is 0 Å². The fourth-order valence-corrected chi connectivity index (χ4v) is 5.58. The SMILES string of the molecule is C#Cc1c(C(=NC(C)c2ccc([CH2])c(C)c2C#C)N=C(C)n2cccn2)ccc(C2=C[C]2CC(CC)CCCC)c1C. The Morgan fingerprint density at radius 2 is 1.83 bits per heavy atom. The van der Waals surface area contributed by atoms with Gasteiger partial charge in [0.25, 0.3) is 0 Å². The molecule has 0 fully saturated rings. The van der Waals surface area contributed by atoms with E-state index in [1.165, 1.54) is 42.7 Å². The molecule has 2 aromatic carbocycles. The molecule has 0 N–H and O–H groups in total. The van der Waals surface area contributed by atoms with Gasteiger partial charge in [-0.1, -0.05) is 75.6 Å². The van der Waals surface area contributed by atoms with Crippen molar-refractivity contribution in [1.82, 2.24) is 9.78 Å². The molecule has 0 spiro atoms. The standard InChI is InChI=1S/C38H42N4/c1-10-14-16-30(11-2)23-31-24-37(31)34-19-20-36(33(13-4)27(34)7)38(41-29(9)42-22-15-21-39-42)40-28(8)35-18-17-25(5)26(6)32(35)12-3/h3-4,15,17-22,24,28,30H,5,10-11,14,16,23H2,1-2,6-9H3. The van der Waals surface area contributed by atoms with E-state index in [1.54, 1.807) is 10.9 Å². The van der Waals surface area contributed by atoms with Gasteiger partial charge < -0.3 is 0 Å². The smallest absolute Gasteiger partial charge is 0.158 e. The van der Waals surface area contributed by atoms with E-state index >= 15 is 0 Å². The minimum atomic E-state index is -0.259. The van der Waals surface area contributed by atoms with Crippen molar-refractivity contribution in [3.63, 3.8) is 0 Å². The lowest BCUT2D eigenvalue weighted by molar-refractivity contribution is 0.445. The van der Waals surface area contributed by atoms with Crippen molar-refractivity contribution in [2.75, 3.05) is 0 Å². The molecule has 2 radical (unpaired) electrons. The molecular formula is C38H42N4. The highest BCUT2D eigenvalue weighted by atomic mass is 15.3. The maximum atomic E-state index is 6.19. The van der Waals surface area contributed by atoms with Gasteiger partial charge in [0.15, 0.2) is 5.84 Å². The third kappa shape index (κ3) is 6.66. The molecule has 4 nitrogen and oxygen atoms in total. The average Bonchev–Trinajstić information content (AvgIpc) is 3.50. The van der Waals surface area contributed by atoms with Gasteiger partial charge in [0.1, 0.15) is 5.84 Å². The van der Waals surface area contributed by atoms with Crippen LogP contribution in [0.5, 0.6) is 0 Å². The highest BCUT2D eigenvalue weighted by Crippen LogP contribution is 2.47. The van der Waals surface area contributed by atoms with E-state index in [0.717, 1.165) is 51.3 Å². The van der Waals surface area contributed by atoms with Gasteiger partial charge in [0, 0.05) is 35.0 Å². The molecule has 42 heavy (non-hydrogen) atoms. The first-order valence-electron chi connectivity index (χ1n) is 15.0. The zero-order valence-corrected chi connectivity index (χ0v) is 26.0. The molecule has 1 aliphatic rings. The predicted molar refractivity (Wildman–Crippen MR) is 178 cm³/mol. The Bertz CT molecular complexity index is 1600. The number of aliphatic imine (C=N–C) groups is 2. The topological polar surface area (TPSA) is 42.5 Å². The molecule has 1 aliphatic carbocycles. The zero-order chi connectivity index (χ0) is 30.4. The summed E-state index contributed by atoms with van der Waals surface area (Å²) in [5.74, 6) is 9.26. The molecule has 4 heteroatoms. The summed E-state index contributed by atoms with van der Waals surface area (Å²) in [5.41, 5.74) is 8.91. The summed E-state index contributed by atoms with van der Waals surface area (Å²) in [6.45, 7) is 16.7. The average molecular weight is 555 g/mol. The molecule has 0 saturated carbocycles. The first-order chi connectivity index (χ1) is 20.2. The Labute approximate surface area is 253 Å². The quantitative estimate of drug-likeness (QED) is 0.140. The minimum absolute atomic E-state index is 0.259. The monoisotopic (exact) mass is 554 g/mol. The highest BCUT2D eigenvalue weighted by Gasteiger charge is 2.31. The van der Waals surface area contributed by atoms with Crippen LogP contribution in [0.2, 0.25) is 0 Å². The molecule has 0 saturated heterocycles. The normalized spacial score (nSPS) is 15.1. The van der Waals surface area contributed by atoms with Crippen LogP contribution in [0, 0.1) is 57.3 Å². The van der Waals surface area contributed by atoms with Gasteiger partial charge in [-0.2, -0.15) is 5.10 Å². The molecule has 1 aromatic heterocycles. The Hall–Kier alpha value is -4.15. The van der Waals surface area contributed by atoms with E-state index in [2.05, 4.69) is 62.8 Å². The Kier molecular flexibility index (Phi) is 10.0. The number of amidine groups is 1. The van der Waals surface area contributed by atoms with Crippen molar-refractivity contribution < 1.29 is 0 Å². The largest absolute Gasteiger partial charge is 0.258 e. The van der Waals surface area contributed by atoms with Crippen LogP contribution in [0.3, 0.4) is 0 Å². The summed E-state index contributed by atoms with van der Waals surface area (Å²) in [6, 6.07) is 9.85.